The van der Waals surface area contributed by atoms with Gasteiger partial charge in [-0.3, -0.25) is 13.9 Å². The van der Waals surface area contributed by atoms with E-state index in [-0.39, 0.29) is 37.2 Å². The number of carbonyl (C=O) groups excluding carboxylic acids is 2. The van der Waals surface area contributed by atoms with E-state index < -0.39 is 16.1 Å². The topological polar surface area (TPSA) is 96.0 Å². The number of sulfonamides is 1. The molecular weight excluding hydrogens is 562 g/mol. The van der Waals surface area contributed by atoms with Crippen LogP contribution in [-0.4, -0.2) is 57.6 Å². The van der Waals surface area contributed by atoms with Gasteiger partial charge in [-0.15, -0.1) is 0 Å². The number of nitrogens with one attached hydrogen (secondary N) is 1. The number of nitrogens with zero attached hydrogens (tertiary/aromatic N) is 2. The fraction of sp³-hybridized carbons (Fsp3) is 0.412. The van der Waals surface area contributed by atoms with Gasteiger partial charge in [0.05, 0.1) is 19.1 Å². The molecule has 0 saturated carbocycles. The molecule has 0 aliphatic heterocycles. The van der Waals surface area contributed by atoms with E-state index >= 15 is 0 Å². The van der Waals surface area contributed by atoms with Crippen LogP contribution in [0, 0.1) is 19.8 Å². The molecule has 3 aromatic carbocycles. The zero-order chi connectivity index (χ0) is 31.6. The lowest BCUT2D eigenvalue weighted by molar-refractivity contribution is -0.141. The summed E-state index contributed by atoms with van der Waals surface area (Å²) in [6.45, 7) is 8.73. The number of aryl methyl sites for hydroxylation is 2. The number of rotatable bonds is 15. The van der Waals surface area contributed by atoms with E-state index in [1.54, 1.807) is 12.0 Å². The zero-order valence-electron chi connectivity index (χ0n) is 26.2. The van der Waals surface area contributed by atoms with Gasteiger partial charge in [-0.05, 0) is 72.7 Å². The van der Waals surface area contributed by atoms with Gasteiger partial charge in [0.25, 0.3) is 0 Å². The van der Waals surface area contributed by atoms with Gasteiger partial charge in [-0.2, -0.15) is 0 Å². The van der Waals surface area contributed by atoms with Crippen molar-refractivity contribution in [2.24, 2.45) is 5.92 Å². The molecule has 0 saturated heterocycles. The second kappa shape index (κ2) is 15.6. The van der Waals surface area contributed by atoms with Gasteiger partial charge in [0.1, 0.15) is 11.8 Å². The van der Waals surface area contributed by atoms with Gasteiger partial charge >= 0.3 is 0 Å². The Bertz CT molecular complexity index is 1450. The Kier molecular flexibility index (Phi) is 12.2. The number of hydrogen-bond acceptors (Lipinski definition) is 5. The summed E-state index contributed by atoms with van der Waals surface area (Å²) in [6, 6.07) is 22.0. The lowest BCUT2D eigenvalue weighted by Crippen LogP contribution is -2.51. The molecule has 0 aliphatic carbocycles. The molecule has 1 N–H and O–H groups in total. The highest BCUT2D eigenvalue weighted by molar-refractivity contribution is 7.92. The molecule has 9 heteroatoms. The third kappa shape index (κ3) is 10.4. The molecule has 232 valence electrons. The van der Waals surface area contributed by atoms with Crippen molar-refractivity contribution in [1.29, 1.82) is 0 Å². The summed E-state index contributed by atoms with van der Waals surface area (Å²) < 4.78 is 32.3. The van der Waals surface area contributed by atoms with Gasteiger partial charge in [-0.25, -0.2) is 8.42 Å². The van der Waals surface area contributed by atoms with Crippen LogP contribution in [0.2, 0.25) is 0 Å². The number of carbonyl (C=O) groups is 2. The summed E-state index contributed by atoms with van der Waals surface area (Å²) in [7, 11) is -2.00. The Morgan fingerprint density at radius 1 is 0.907 bits per heavy atom. The Labute approximate surface area is 257 Å². The minimum absolute atomic E-state index is 0.0730. The normalized spacial score (nSPS) is 12.1. The van der Waals surface area contributed by atoms with Crippen molar-refractivity contribution >= 4 is 27.5 Å². The minimum Gasteiger partial charge on any atom is -0.497 e. The van der Waals surface area contributed by atoms with E-state index in [1.807, 2.05) is 100 Å². The first-order chi connectivity index (χ1) is 20.4. The maximum absolute atomic E-state index is 14.0. The minimum atomic E-state index is -3.58. The highest BCUT2D eigenvalue weighted by Crippen LogP contribution is 2.23. The fourth-order valence-corrected chi connectivity index (χ4v) is 5.99. The van der Waals surface area contributed by atoms with Crippen LogP contribution in [-0.2, 0) is 32.6 Å². The molecule has 8 nitrogen and oxygen atoms in total. The number of amides is 2. The quantitative estimate of drug-likeness (QED) is 0.254. The van der Waals surface area contributed by atoms with Gasteiger partial charge < -0.3 is 15.0 Å². The molecule has 0 spiro atoms. The number of hydrogen-bond donors (Lipinski definition) is 1. The summed E-state index contributed by atoms with van der Waals surface area (Å²) in [5.41, 5.74) is 4.26. The van der Waals surface area contributed by atoms with Crippen molar-refractivity contribution < 1.29 is 22.7 Å². The van der Waals surface area contributed by atoms with Crippen LogP contribution in [0.3, 0.4) is 0 Å². The Morgan fingerprint density at radius 3 is 2.16 bits per heavy atom. The van der Waals surface area contributed by atoms with E-state index in [9.17, 15) is 18.0 Å². The Balaban J connectivity index is 1.91. The van der Waals surface area contributed by atoms with E-state index in [0.29, 0.717) is 30.8 Å². The molecule has 0 unspecified atom stereocenters. The van der Waals surface area contributed by atoms with Gasteiger partial charge in [0.2, 0.25) is 21.8 Å². The smallest absolute Gasteiger partial charge is 0.243 e. The zero-order valence-corrected chi connectivity index (χ0v) is 27.0. The maximum atomic E-state index is 14.0. The molecule has 3 aromatic rings. The fourth-order valence-electron chi connectivity index (χ4n) is 5.04. The van der Waals surface area contributed by atoms with Crippen LogP contribution in [0.15, 0.2) is 72.8 Å². The van der Waals surface area contributed by atoms with Crippen LogP contribution in [0.4, 0.5) is 5.69 Å². The number of ether oxygens (including phenoxy) is 1. The molecule has 3 rings (SSSR count). The van der Waals surface area contributed by atoms with Crippen molar-refractivity contribution in [2.45, 2.75) is 59.5 Å². The van der Waals surface area contributed by atoms with Crippen LogP contribution < -0.4 is 14.4 Å². The molecule has 0 aliphatic rings. The average molecular weight is 608 g/mol. The standard InChI is InChI=1S/C34H45N3O5S/c1-25(2)23-35-34(39)32(22-28-12-8-7-9-13-28)36(24-29-14-10-15-31(21-29)42-5)33(38)16-11-17-37(43(6,40)41)30-19-26(3)18-27(4)20-30/h7-10,12-15,18-21,25,32H,11,16-17,22-24H2,1-6H3,(H,35,39)/t32-/m1/s1. The van der Waals surface area contributed by atoms with Crippen LogP contribution in [0.25, 0.3) is 0 Å². The first kappa shape index (κ1) is 33.6. The van der Waals surface area contributed by atoms with E-state index in [1.165, 1.54) is 10.6 Å². The van der Waals surface area contributed by atoms with Crippen molar-refractivity contribution in [3.63, 3.8) is 0 Å². The number of anilines is 1. The van der Waals surface area contributed by atoms with Gasteiger partial charge in [0.15, 0.2) is 0 Å². The van der Waals surface area contributed by atoms with Crippen LogP contribution >= 0.6 is 0 Å². The van der Waals surface area contributed by atoms with Crippen molar-refractivity contribution in [3.8, 4) is 5.75 Å². The van der Waals surface area contributed by atoms with E-state index in [2.05, 4.69) is 5.32 Å². The summed E-state index contributed by atoms with van der Waals surface area (Å²) in [5, 5.41) is 3.03. The highest BCUT2D eigenvalue weighted by Gasteiger charge is 2.30. The van der Waals surface area contributed by atoms with Crippen LogP contribution in [0.5, 0.6) is 5.75 Å². The molecular formula is C34H45N3O5S. The Morgan fingerprint density at radius 2 is 1.56 bits per heavy atom. The molecule has 0 radical (unpaired) electrons. The number of methoxy groups -OCH3 is 1. The Hall–Kier alpha value is -3.85. The predicted molar refractivity (Wildman–Crippen MR) is 173 cm³/mol. The summed E-state index contributed by atoms with van der Waals surface area (Å²) in [4.78, 5) is 29.3. The van der Waals surface area contributed by atoms with E-state index in [0.717, 1.165) is 22.3 Å². The molecule has 2 amide bonds. The third-order valence-electron chi connectivity index (χ3n) is 7.09. The molecule has 1 atom stereocenters. The summed E-state index contributed by atoms with van der Waals surface area (Å²) in [5.74, 6) is 0.459. The number of benzene rings is 3. The monoisotopic (exact) mass is 607 g/mol. The SMILES string of the molecule is COc1cccc(CN(C(=O)CCCN(c2cc(C)cc(C)c2)S(C)(=O)=O)[C@H](Cc2ccccc2)C(=O)NCC(C)C)c1. The molecule has 0 heterocycles. The second-order valence-corrected chi connectivity index (χ2v) is 13.4. The van der Waals surface area contributed by atoms with Crippen LogP contribution in [0.1, 0.15) is 48.9 Å². The molecule has 43 heavy (non-hydrogen) atoms. The van der Waals surface area contributed by atoms with Gasteiger partial charge in [0, 0.05) is 32.5 Å². The van der Waals surface area contributed by atoms with E-state index in [4.69, 9.17) is 4.74 Å². The molecule has 0 aromatic heterocycles. The van der Waals surface area contributed by atoms with Crippen molar-refractivity contribution in [3.05, 3.63) is 95.1 Å². The first-order valence-electron chi connectivity index (χ1n) is 14.7. The third-order valence-corrected chi connectivity index (χ3v) is 8.28. The lowest BCUT2D eigenvalue weighted by atomic mass is 10.0. The maximum Gasteiger partial charge on any atom is 0.243 e. The van der Waals surface area contributed by atoms with Crippen molar-refractivity contribution in [1.82, 2.24) is 10.2 Å². The molecule has 0 fully saturated rings. The van der Waals surface area contributed by atoms with Crippen molar-refractivity contribution in [2.75, 3.05) is 30.8 Å². The summed E-state index contributed by atoms with van der Waals surface area (Å²) >= 11 is 0. The lowest BCUT2D eigenvalue weighted by Gasteiger charge is -2.32. The largest absolute Gasteiger partial charge is 0.497 e. The average Bonchev–Trinajstić information content (AvgIpc) is 2.95. The highest BCUT2D eigenvalue weighted by atomic mass is 32.2. The summed E-state index contributed by atoms with van der Waals surface area (Å²) in [6.07, 6.45) is 1.89. The molecule has 0 bridgehead atoms. The second-order valence-electron chi connectivity index (χ2n) is 11.5. The van der Waals surface area contributed by atoms with Gasteiger partial charge in [-0.1, -0.05) is 62.4 Å². The predicted octanol–water partition coefficient (Wildman–Crippen LogP) is 5.27. The first-order valence-corrected chi connectivity index (χ1v) is 16.5.